The predicted molar refractivity (Wildman–Crippen MR) is 307 cm³/mol. The zero-order valence-corrected chi connectivity index (χ0v) is 48.8. The Bertz CT molecular complexity index is 3110. The molecule has 0 saturated carbocycles. The summed E-state index contributed by atoms with van der Waals surface area (Å²) in [6.07, 6.45) is 10.9. The molecule has 2 aromatic carbocycles. The number of anilines is 2. The first kappa shape index (κ1) is 63.4. The molecule has 0 aliphatic carbocycles. The monoisotopic (exact) mass is 1170 g/mol. The summed E-state index contributed by atoms with van der Waals surface area (Å²) in [5.74, 6) is 0.249. The second-order valence-electron chi connectivity index (χ2n) is 20.1. The second kappa shape index (κ2) is 28.6. The van der Waals surface area contributed by atoms with E-state index in [9.17, 15) is 36.0 Å². The highest BCUT2D eigenvalue weighted by Gasteiger charge is 2.38. The van der Waals surface area contributed by atoms with Crippen molar-refractivity contribution in [3.8, 4) is 22.9 Å². The number of unbranched alkanes of at least 4 members (excludes halogenated alkanes) is 4. The van der Waals surface area contributed by atoms with Crippen LogP contribution in [-0.4, -0.2) is 145 Å². The second-order valence-corrected chi connectivity index (χ2v) is 24.5. The number of piperazine rings is 2. The van der Waals surface area contributed by atoms with Gasteiger partial charge < -0.3 is 28.7 Å². The van der Waals surface area contributed by atoms with Crippen molar-refractivity contribution in [1.29, 1.82) is 0 Å². The largest absolute Gasteiger partial charge is 0.486 e. The van der Waals surface area contributed by atoms with Gasteiger partial charge in [-0.1, -0.05) is 53.6 Å². The minimum absolute atomic E-state index is 0.0644. The molecule has 2 aromatic heterocycles. The molecule has 432 valence electrons. The van der Waals surface area contributed by atoms with Crippen molar-refractivity contribution < 1.29 is 45.4 Å². The van der Waals surface area contributed by atoms with E-state index in [4.69, 9.17) is 42.1 Å². The van der Waals surface area contributed by atoms with E-state index in [1.165, 1.54) is 32.1 Å². The molecule has 22 nitrogen and oxygen atoms in total. The van der Waals surface area contributed by atoms with Crippen molar-refractivity contribution in [1.82, 2.24) is 37.2 Å². The molecule has 2 aliphatic rings. The molecule has 2 amide bonds. The standard InChI is InChI=1S/C28H38ClN5O6S.C25H34ClN5O6S/c1-6-8-9-10-19-39-25-24(21-30-34(26(25)35)23-13-11-12-22(29)20-23)31-15-17-32(18-16-31)41(37,38)33(14-7-2)27(36)40-28(3,4)5;1-5-6-7-8-16-36-22-21(18-27-31(23(22)32)20-11-9-10-19(26)17-20)29-12-14-30(15-13-29)38(34,35)28-24(33)37-25(2,3)4/h6-7,11-13,20-21H,1-2,8-10,14-19H2,3-5H3;5,9-11,17-18H,1,6-8,12-16H2,2-4H3,(H,28,33). The average Bonchev–Trinajstić information content (AvgIpc) is 3.42. The van der Waals surface area contributed by atoms with Crippen molar-refractivity contribution in [2.24, 2.45) is 0 Å². The first-order valence-electron chi connectivity index (χ1n) is 25.7. The van der Waals surface area contributed by atoms with Crippen LogP contribution in [0.3, 0.4) is 0 Å². The maximum Gasteiger partial charge on any atom is 0.425 e. The Kier molecular flexibility index (Phi) is 23.0. The number of carbonyl (C=O) groups excluding carboxylic acids is 2. The van der Waals surface area contributed by atoms with E-state index in [1.54, 1.807) is 90.1 Å². The maximum atomic E-state index is 13.6. The van der Waals surface area contributed by atoms with Crippen LogP contribution in [0.1, 0.15) is 80.1 Å². The Morgan fingerprint density at radius 1 is 0.646 bits per heavy atom. The topological polar surface area (TPSA) is 237 Å². The Morgan fingerprint density at radius 3 is 1.47 bits per heavy atom. The summed E-state index contributed by atoms with van der Waals surface area (Å²) in [6, 6.07) is 13.5. The fourth-order valence-corrected chi connectivity index (χ4v) is 10.7. The summed E-state index contributed by atoms with van der Waals surface area (Å²) in [5.41, 5.74) is -0.691. The number of nitrogens with zero attached hydrogens (tertiary/aromatic N) is 9. The van der Waals surface area contributed by atoms with Crippen molar-refractivity contribution >= 4 is 67.2 Å². The van der Waals surface area contributed by atoms with Gasteiger partial charge in [0.25, 0.3) is 0 Å². The first-order chi connectivity index (χ1) is 37.3. The molecular formula is C53H72Cl2N10O12S2. The number of carbonyl (C=O) groups is 2. The molecule has 2 fully saturated rings. The molecule has 2 aliphatic heterocycles. The molecule has 0 radical (unpaired) electrons. The van der Waals surface area contributed by atoms with Crippen molar-refractivity contribution in [2.45, 2.75) is 91.3 Å². The van der Waals surface area contributed by atoms with Gasteiger partial charge in [0.15, 0.2) is 0 Å². The summed E-state index contributed by atoms with van der Waals surface area (Å²) < 4.78 is 82.0. The number of rotatable bonds is 22. The molecule has 2 saturated heterocycles. The number of benzene rings is 2. The molecule has 79 heavy (non-hydrogen) atoms. The lowest BCUT2D eigenvalue weighted by Gasteiger charge is -2.37. The zero-order chi connectivity index (χ0) is 58.1. The van der Waals surface area contributed by atoms with E-state index >= 15 is 0 Å². The van der Waals surface area contributed by atoms with Gasteiger partial charge in [0, 0.05) is 62.4 Å². The third-order valence-corrected chi connectivity index (χ3v) is 15.5. The Hall–Kier alpha value is -6.44. The van der Waals surface area contributed by atoms with Gasteiger partial charge >= 0.3 is 43.7 Å². The van der Waals surface area contributed by atoms with Gasteiger partial charge in [-0.05, 0) is 116 Å². The SMILES string of the molecule is C=CCCCCOc1c(N2CCN(S(=O)(=O)N(CC=C)C(=O)OC(C)(C)C)CC2)cnn(-c2cccc(Cl)c2)c1=O.C=CCCCCOc1c(N2CCN(S(=O)(=O)NC(=O)OC(C)(C)C)CC2)cnn(-c2cccc(Cl)c2)c1=O. The number of allylic oxidation sites excluding steroid dienone is 2. The van der Waals surface area contributed by atoms with Gasteiger partial charge in [-0.25, -0.2) is 14.3 Å². The van der Waals surface area contributed by atoms with E-state index in [0.717, 1.165) is 42.8 Å². The molecule has 0 unspecified atom stereocenters. The summed E-state index contributed by atoms with van der Waals surface area (Å²) in [7, 11) is -8.29. The van der Waals surface area contributed by atoms with Crippen LogP contribution >= 0.6 is 23.2 Å². The summed E-state index contributed by atoms with van der Waals surface area (Å²) in [4.78, 5) is 55.4. The normalized spacial score (nSPS) is 14.5. The Balaban J connectivity index is 0.000000291. The number of hydrogen-bond acceptors (Lipinski definition) is 16. The third kappa shape index (κ3) is 18.3. The molecule has 6 rings (SSSR count). The number of amides is 2. The molecule has 0 bridgehead atoms. The number of aromatic nitrogens is 4. The number of nitrogens with one attached hydrogen (secondary N) is 1. The summed E-state index contributed by atoms with van der Waals surface area (Å²) >= 11 is 12.2. The van der Waals surface area contributed by atoms with E-state index in [2.05, 4.69) is 29.9 Å². The highest BCUT2D eigenvalue weighted by atomic mass is 35.5. The van der Waals surface area contributed by atoms with Crippen LogP contribution in [-0.2, 0) is 29.9 Å². The average molecular weight is 1180 g/mol. The van der Waals surface area contributed by atoms with Crippen molar-refractivity contribution in [3.63, 3.8) is 0 Å². The molecule has 4 aromatic rings. The van der Waals surface area contributed by atoms with Gasteiger partial charge in [-0.2, -0.15) is 49.3 Å². The predicted octanol–water partition coefficient (Wildman–Crippen LogP) is 7.92. The molecular weight excluding hydrogens is 1100 g/mol. The Labute approximate surface area is 473 Å². The third-order valence-electron chi connectivity index (χ3n) is 11.6. The van der Waals surface area contributed by atoms with Crippen molar-refractivity contribution in [2.75, 3.05) is 81.9 Å². The van der Waals surface area contributed by atoms with Crippen LogP contribution in [0.15, 0.2) is 108 Å². The smallest absolute Gasteiger partial charge is 0.425 e. The molecule has 4 heterocycles. The van der Waals surface area contributed by atoms with Crippen LogP contribution in [0, 0.1) is 0 Å². The lowest BCUT2D eigenvalue weighted by molar-refractivity contribution is 0.0394. The van der Waals surface area contributed by atoms with Gasteiger partial charge in [0.05, 0.1) is 43.5 Å². The number of ether oxygens (including phenoxy) is 4. The number of hydrogen-bond donors (Lipinski definition) is 1. The summed E-state index contributed by atoms with van der Waals surface area (Å²) in [5, 5.41) is 9.61. The zero-order valence-electron chi connectivity index (χ0n) is 45.6. The van der Waals surface area contributed by atoms with E-state index in [1.807, 2.05) is 26.7 Å². The van der Waals surface area contributed by atoms with E-state index in [0.29, 0.717) is 50.3 Å². The van der Waals surface area contributed by atoms with Gasteiger partial charge in [-0.15, -0.1) is 19.7 Å². The Morgan fingerprint density at radius 2 is 1.08 bits per heavy atom. The van der Waals surface area contributed by atoms with Crippen LogP contribution in [0.2, 0.25) is 10.0 Å². The quantitative estimate of drug-likeness (QED) is 0.0581. The highest BCUT2D eigenvalue weighted by Crippen LogP contribution is 2.29. The van der Waals surface area contributed by atoms with Gasteiger partial charge in [0.2, 0.25) is 11.5 Å². The minimum atomic E-state index is -4.19. The molecule has 0 spiro atoms. The highest BCUT2D eigenvalue weighted by molar-refractivity contribution is 7.87. The van der Waals surface area contributed by atoms with Gasteiger partial charge in [0.1, 0.15) is 22.6 Å². The molecule has 0 atom stereocenters. The minimum Gasteiger partial charge on any atom is -0.486 e. The summed E-state index contributed by atoms with van der Waals surface area (Å²) in [6.45, 7) is 22.6. The van der Waals surface area contributed by atoms with Crippen LogP contribution in [0.25, 0.3) is 11.4 Å². The van der Waals surface area contributed by atoms with E-state index < -0.39 is 54.9 Å². The van der Waals surface area contributed by atoms with Crippen LogP contribution < -0.4 is 35.1 Å². The lowest BCUT2D eigenvalue weighted by atomic mass is 10.2. The van der Waals surface area contributed by atoms with Gasteiger partial charge in [-0.3, -0.25) is 9.59 Å². The van der Waals surface area contributed by atoms with E-state index in [-0.39, 0.29) is 70.4 Å². The van der Waals surface area contributed by atoms with Crippen LogP contribution in [0.5, 0.6) is 11.5 Å². The lowest BCUT2D eigenvalue weighted by Crippen LogP contribution is -2.55. The maximum absolute atomic E-state index is 13.6. The molecule has 26 heteroatoms. The number of halogens is 2. The molecule has 1 N–H and O–H groups in total. The van der Waals surface area contributed by atoms with Crippen LogP contribution in [0.4, 0.5) is 21.0 Å². The van der Waals surface area contributed by atoms with Crippen molar-refractivity contribution in [3.05, 3.63) is 130 Å². The first-order valence-corrected chi connectivity index (χ1v) is 29.3. The fourth-order valence-electron chi connectivity index (χ4n) is 7.92. The fraction of sp³-hybridized carbons (Fsp3) is 0.472.